The molecule has 0 saturated carbocycles. The Balaban J connectivity index is 2.55. The highest BCUT2D eigenvalue weighted by Crippen LogP contribution is 2.20. The standard InChI is InChI=1S/C14H24N2O2S/c1-3-4-5-6-9-12-16-13-10-7-8-11-14(13)19(17,18)15-2/h7-8,10-11,15-16H,3-6,9,12H2,1-2H3. The summed E-state index contributed by atoms with van der Waals surface area (Å²) in [5, 5.41) is 3.21. The number of anilines is 1. The summed E-state index contributed by atoms with van der Waals surface area (Å²) in [5.41, 5.74) is 0.673. The van der Waals surface area contributed by atoms with Crippen molar-refractivity contribution < 1.29 is 8.42 Å². The third-order valence-corrected chi connectivity index (χ3v) is 4.51. The largest absolute Gasteiger partial charge is 0.384 e. The van der Waals surface area contributed by atoms with Crippen molar-refractivity contribution in [2.24, 2.45) is 0 Å². The summed E-state index contributed by atoms with van der Waals surface area (Å²) in [6, 6.07) is 6.99. The van der Waals surface area contributed by atoms with Gasteiger partial charge in [-0.25, -0.2) is 13.1 Å². The topological polar surface area (TPSA) is 58.2 Å². The van der Waals surface area contributed by atoms with Crippen LogP contribution in [0.4, 0.5) is 5.69 Å². The molecule has 0 aromatic heterocycles. The Hall–Kier alpha value is -1.07. The Morgan fingerprint density at radius 1 is 1.05 bits per heavy atom. The maximum atomic E-state index is 11.8. The predicted molar refractivity (Wildman–Crippen MR) is 79.9 cm³/mol. The molecule has 1 aromatic carbocycles. The maximum Gasteiger partial charge on any atom is 0.242 e. The number of nitrogens with one attached hydrogen (secondary N) is 2. The molecule has 5 heteroatoms. The molecule has 4 nitrogen and oxygen atoms in total. The molecule has 0 spiro atoms. The number of sulfonamides is 1. The van der Waals surface area contributed by atoms with Crippen molar-refractivity contribution in [1.82, 2.24) is 4.72 Å². The molecule has 0 fully saturated rings. The van der Waals surface area contributed by atoms with Gasteiger partial charge < -0.3 is 5.32 Å². The van der Waals surface area contributed by atoms with Crippen LogP contribution in [0.3, 0.4) is 0 Å². The molecule has 1 rings (SSSR count). The van der Waals surface area contributed by atoms with Crippen LogP contribution in [0.2, 0.25) is 0 Å². The number of rotatable bonds is 9. The number of hydrogen-bond donors (Lipinski definition) is 2. The Morgan fingerprint density at radius 2 is 1.74 bits per heavy atom. The van der Waals surface area contributed by atoms with Gasteiger partial charge in [-0.2, -0.15) is 0 Å². The Labute approximate surface area is 116 Å². The molecule has 0 bridgehead atoms. The molecular weight excluding hydrogens is 260 g/mol. The highest BCUT2D eigenvalue weighted by molar-refractivity contribution is 7.89. The van der Waals surface area contributed by atoms with Gasteiger partial charge in [0.1, 0.15) is 4.90 Å². The summed E-state index contributed by atoms with van der Waals surface area (Å²) in [6.45, 7) is 3.00. The van der Waals surface area contributed by atoms with E-state index in [4.69, 9.17) is 0 Å². The lowest BCUT2D eigenvalue weighted by Gasteiger charge is -2.11. The van der Waals surface area contributed by atoms with Crippen LogP contribution in [0.25, 0.3) is 0 Å². The van der Waals surface area contributed by atoms with Gasteiger partial charge in [-0.05, 0) is 25.6 Å². The summed E-state index contributed by atoms with van der Waals surface area (Å²) in [5.74, 6) is 0. The molecule has 0 atom stereocenters. The second kappa shape index (κ2) is 8.17. The van der Waals surface area contributed by atoms with Gasteiger partial charge in [-0.1, -0.05) is 44.7 Å². The van der Waals surface area contributed by atoms with Gasteiger partial charge in [0.15, 0.2) is 0 Å². The van der Waals surface area contributed by atoms with Crippen molar-refractivity contribution in [2.75, 3.05) is 18.9 Å². The van der Waals surface area contributed by atoms with Gasteiger partial charge in [0, 0.05) is 6.54 Å². The van der Waals surface area contributed by atoms with E-state index in [1.165, 1.54) is 32.7 Å². The van der Waals surface area contributed by atoms with Crippen molar-refractivity contribution in [1.29, 1.82) is 0 Å². The summed E-state index contributed by atoms with van der Waals surface area (Å²) in [4.78, 5) is 0.311. The van der Waals surface area contributed by atoms with Crippen LogP contribution >= 0.6 is 0 Å². The minimum absolute atomic E-state index is 0.311. The second-order valence-corrected chi connectivity index (χ2v) is 6.40. The second-order valence-electron chi connectivity index (χ2n) is 4.54. The van der Waals surface area contributed by atoms with E-state index in [2.05, 4.69) is 17.0 Å². The van der Waals surface area contributed by atoms with Crippen LogP contribution in [0.1, 0.15) is 39.0 Å². The van der Waals surface area contributed by atoms with E-state index >= 15 is 0 Å². The van der Waals surface area contributed by atoms with Crippen LogP contribution in [0.5, 0.6) is 0 Å². The first-order valence-electron chi connectivity index (χ1n) is 6.88. The molecule has 0 aliphatic carbocycles. The first kappa shape index (κ1) is 16.0. The van der Waals surface area contributed by atoms with Gasteiger partial charge in [-0.15, -0.1) is 0 Å². The van der Waals surface area contributed by atoms with Crippen molar-refractivity contribution in [3.63, 3.8) is 0 Å². The Kier molecular flexibility index (Phi) is 6.87. The number of benzene rings is 1. The van der Waals surface area contributed by atoms with Gasteiger partial charge in [0.2, 0.25) is 10.0 Å². The van der Waals surface area contributed by atoms with E-state index in [0.717, 1.165) is 13.0 Å². The molecule has 1 aromatic rings. The summed E-state index contributed by atoms with van der Waals surface area (Å²) in [7, 11) is -1.97. The van der Waals surface area contributed by atoms with E-state index in [1.807, 2.05) is 6.07 Å². The fourth-order valence-electron chi connectivity index (χ4n) is 1.91. The molecule has 19 heavy (non-hydrogen) atoms. The van der Waals surface area contributed by atoms with Crippen molar-refractivity contribution in [3.8, 4) is 0 Å². The first-order valence-corrected chi connectivity index (χ1v) is 8.36. The highest BCUT2D eigenvalue weighted by Gasteiger charge is 2.15. The zero-order chi connectivity index (χ0) is 14.1. The van der Waals surface area contributed by atoms with E-state index in [0.29, 0.717) is 10.6 Å². The fraction of sp³-hybridized carbons (Fsp3) is 0.571. The van der Waals surface area contributed by atoms with Gasteiger partial charge in [0.25, 0.3) is 0 Å². The van der Waals surface area contributed by atoms with Gasteiger partial charge in [-0.3, -0.25) is 0 Å². The van der Waals surface area contributed by atoms with Gasteiger partial charge in [0.05, 0.1) is 5.69 Å². The molecule has 0 amide bonds. The number of unbranched alkanes of at least 4 members (excludes halogenated alkanes) is 4. The molecule has 0 saturated heterocycles. The van der Waals surface area contributed by atoms with Crippen LogP contribution < -0.4 is 10.0 Å². The van der Waals surface area contributed by atoms with E-state index in [1.54, 1.807) is 18.2 Å². The number of hydrogen-bond acceptors (Lipinski definition) is 3. The highest BCUT2D eigenvalue weighted by atomic mass is 32.2. The minimum Gasteiger partial charge on any atom is -0.384 e. The van der Waals surface area contributed by atoms with E-state index < -0.39 is 10.0 Å². The zero-order valence-corrected chi connectivity index (χ0v) is 12.6. The van der Waals surface area contributed by atoms with Crippen LogP contribution in [0.15, 0.2) is 29.2 Å². The summed E-state index contributed by atoms with van der Waals surface area (Å²) in [6.07, 6.45) is 5.99. The Bertz CT molecular complexity index is 472. The third kappa shape index (κ3) is 5.20. The monoisotopic (exact) mass is 284 g/mol. The lowest BCUT2D eigenvalue weighted by molar-refractivity contribution is 0.588. The molecular formula is C14H24N2O2S. The SMILES string of the molecule is CCCCCCCNc1ccccc1S(=O)(=O)NC. The first-order chi connectivity index (χ1) is 9.11. The molecule has 0 aliphatic heterocycles. The van der Waals surface area contributed by atoms with Crippen LogP contribution in [-0.2, 0) is 10.0 Å². The summed E-state index contributed by atoms with van der Waals surface area (Å²) >= 11 is 0. The molecule has 0 radical (unpaired) electrons. The smallest absolute Gasteiger partial charge is 0.242 e. The van der Waals surface area contributed by atoms with Crippen molar-refractivity contribution in [2.45, 2.75) is 43.9 Å². The normalized spacial score (nSPS) is 11.5. The van der Waals surface area contributed by atoms with Crippen LogP contribution in [0, 0.1) is 0 Å². The average molecular weight is 284 g/mol. The third-order valence-electron chi connectivity index (χ3n) is 3.04. The quantitative estimate of drug-likeness (QED) is 0.685. The lowest BCUT2D eigenvalue weighted by atomic mass is 10.1. The zero-order valence-electron chi connectivity index (χ0n) is 11.8. The minimum atomic E-state index is -3.39. The molecule has 2 N–H and O–H groups in total. The van der Waals surface area contributed by atoms with Gasteiger partial charge >= 0.3 is 0 Å². The molecule has 0 unspecified atom stereocenters. The number of para-hydroxylation sites is 1. The predicted octanol–water partition coefficient (Wildman–Crippen LogP) is 2.98. The van der Waals surface area contributed by atoms with Crippen molar-refractivity contribution in [3.05, 3.63) is 24.3 Å². The summed E-state index contributed by atoms with van der Waals surface area (Å²) < 4.78 is 26.0. The fourth-order valence-corrected chi connectivity index (χ4v) is 2.82. The van der Waals surface area contributed by atoms with E-state index in [-0.39, 0.29) is 0 Å². The Morgan fingerprint density at radius 3 is 2.42 bits per heavy atom. The maximum absolute atomic E-state index is 11.8. The molecule has 108 valence electrons. The van der Waals surface area contributed by atoms with E-state index in [9.17, 15) is 8.42 Å². The lowest BCUT2D eigenvalue weighted by Crippen LogP contribution is -2.20. The average Bonchev–Trinajstić information content (AvgIpc) is 2.43. The molecule has 0 aliphatic rings. The van der Waals surface area contributed by atoms with Crippen molar-refractivity contribution >= 4 is 15.7 Å². The molecule has 0 heterocycles. The van der Waals surface area contributed by atoms with Crippen LogP contribution in [-0.4, -0.2) is 22.0 Å².